The molecule has 1 aliphatic heterocycles. The monoisotopic (exact) mass is 207 g/mol. The lowest BCUT2D eigenvalue weighted by Crippen LogP contribution is -2.30. The molecule has 82 valence electrons. The fourth-order valence-electron chi connectivity index (χ4n) is 2.20. The van der Waals surface area contributed by atoms with Crippen molar-refractivity contribution in [3.05, 3.63) is 35.6 Å². The normalized spacial score (nSPS) is 22.3. The summed E-state index contributed by atoms with van der Waals surface area (Å²) in [6.07, 6.45) is 5.83. The molecule has 0 bridgehead atoms. The summed E-state index contributed by atoms with van der Waals surface area (Å²) in [6.45, 7) is 1.08. The van der Waals surface area contributed by atoms with Gasteiger partial charge in [0.15, 0.2) is 0 Å². The summed E-state index contributed by atoms with van der Waals surface area (Å²) in [5, 5.41) is 3.49. The molecule has 1 fully saturated rings. The van der Waals surface area contributed by atoms with Crippen LogP contribution in [0.25, 0.3) is 0 Å². The van der Waals surface area contributed by atoms with E-state index in [1.54, 1.807) is 12.1 Å². The molecule has 1 heterocycles. The minimum absolute atomic E-state index is 0.0662. The van der Waals surface area contributed by atoms with E-state index in [1.165, 1.54) is 25.7 Å². The lowest BCUT2D eigenvalue weighted by molar-refractivity contribution is 0.494. The molecule has 0 saturated carbocycles. The lowest BCUT2D eigenvalue weighted by Gasteiger charge is -2.15. The highest BCUT2D eigenvalue weighted by atomic mass is 19.1. The van der Waals surface area contributed by atoms with Crippen molar-refractivity contribution in [2.24, 2.45) is 0 Å². The number of nitrogens with one attached hydrogen (secondary N) is 1. The minimum Gasteiger partial charge on any atom is -0.314 e. The first-order chi connectivity index (χ1) is 7.36. The Balaban J connectivity index is 1.98. The largest absolute Gasteiger partial charge is 0.314 e. The maximum atomic E-state index is 13.4. The van der Waals surface area contributed by atoms with E-state index in [0.29, 0.717) is 6.04 Å². The van der Waals surface area contributed by atoms with Crippen LogP contribution in [-0.2, 0) is 6.42 Å². The highest BCUT2D eigenvalue weighted by molar-refractivity contribution is 5.18. The van der Waals surface area contributed by atoms with Crippen molar-refractivity contribution in [3.8, 4) is 0 Å². The van der Waals surface area contributed by atoms with E-state index in [9.17, 15) is 4.39 Å². The van der Waals surface area contributed by atoms with Crippen LogP contribution >= 0.6 is 0 Å². The van der Waals surface area contributed by atoms with E-state index in [0.717, 1.165) is 18.5 Å². The fraction of sp³-hybridized carbons (Fsp3) is 0.538. The van der Waals surface area contributed by atoms with Crippen LogP contribution in [0.3, 0.4) is 0 Å². The SMILES string of the molecule is Fc1ccccc1C[C@@H]1CCCCCN1. The average molecular weight is 207 g/mol. The van der Waals surface area contributed by atoms with Gasteiger partial charge in [-0.15, -0.1) is 0 Å². The molecule has 1 aliphatic rings. The predicted molar refractivity (Wildman–Crippen MR) is 60.4 cm³/mol. The molecule has 1 atom stereocenters. The first-order valence-electron chi connectivity index (χ1n) is 5.83. The number of hydrogen-bond acceptors (Lipinski definition) is 1. The summed E-state index contributed by atoms with van der Waals surface area (Å²) in [5.41, 5.74) is 0.844. The van der Waals surface area contributed by atoms with Crippen molar-refractivity contribution >= 4 is 0 Å². The topological polar surface area (TPSA) is 12.0 Å². The zero-order valence-electron chi connectivity index (χ0n) is 9.01. The van der Waals surface area contributed by atoms with Gasteiger partial charge in [0.2, 0.25) is 0 Å². The molecule has 0 aromatic heterocycles. The molecule has 0 unspecified atom stereocenters. The molecule has 2 rings (SSSR count). The van der Waals surface area contributed by atoms with Gasteiger partial charge >= 0.3 is 0 Å². The molecule has 1 N–H and O–H groups in total. The van der Waals surface area contributed by atoms with Crippen LogP contribution in [0.1, 0.15) is 31.2 Å². The fourth-order valence-corrected chi connectivity index (χ4v) is 2.20. The zero-order valence-corrected chi connectivity index (χ0v) is 9.01. The first-order valence-corrected chi connectivity index (χ1v) is 5.83. The molecule has 0 aliphatic carbocycles. The van der Waals surface area contributed by atoms with Crippen LogP contribution in [-0.4, -0.2) is 12.6 Å². The van der Waals surface area contributed by atoms with E-state index in [4.69, 9.17) is 0 Å². The van der Waals surface area contributed by atoms with E-state index in [-0.39, 0.29) is 5.82 Å². The van der Waals surface area contributed by atoms with Crippen molar-refractivity contribution in [1.29, 1.82) is 0 Å². The second kappa shape index (κ2) is 5.26. The Bertz CT molecular complexity index is 303. The number of rotatable bonds is 2. The predicted octanol–water partition coefficient (Wildman–Crippen LogP) is 2.90. The Hall–Kier alpha value is -0.890. The second-order valence-corrected chi connectivity index (χ2v) is 4.30. The van der Waals surface area contributed by atoms with E-state index in [1.807, 2.05) is 12.1 Å². The Labute approximate surface area is 90.7 Å². The standard InChI is InChI=1S/C13H18FN/c14-13-8-4-3-6-11(13)10-12-7-2-1-5-9-15-12/h3-4,6,8,12,15H,1-2,5,7,9-10H2/t12-/m0/s1. The van der Waals surface area contributed by atoms with Crippen LogP contribution in [0.4, 0.5) is 4.39 Å². The summed E-state index contributed by atoms with van der Waals surface area (Å²) in [6, 6.07) is 7.56. The van der Waals surface area contributed by atoms with Gasteiger partial charge in [-0.1, -0.05) is 31.0 Å². The van der Waals surface area contributed by atoms with Gasteiger partial charge in [0.05, 0.1) is 0 Å². The summed E-state index contributed by atoms with van der Waals surface area (Å²) in [4.78, 5) is 0. The van der Waals surface area contributed by atoms with Gasteiger partial charge < -0.3 is 5.32 Å². The summed E-state index contributed by atoms with van der Waals surface area (Å²) in [7, 11) is 0. The summed E-state index contributed by atoms with van der Waals surface area (Å²) < 4.78 is 13.4. The third-order valence-corrected chi connectivity index (χ3v) is 3.09. The zero-order chi connectivity index (χ0) is 10.5. The Morgan fingerprint density at radius 2 is 2.07 bits per heavy atom. The molecule has 2 heteroatoms. The Kier molecular flexibility index (Phi) is 3.73. The third-order valence-electron chi connectivity index (χ3n) is 3.09. The van der Waals surface area contributed by atoms with Gasteiger partial charge in [-0.05, 0) is 37.4 Å². The van der Waals surface area contributed by atoms with Crippen molar-refractivity contribution in [3.63, 3.8) is 0 Å². The van der Waals surface area contributed by atoms with Crippen LogP contribution in [0, 0.1) is 5.82 Å². The summed E-state index contributed by atoms with van der Waals surface area (Å²) >= 11 is 0. The minimum atomic E-state index is -0.0662. The number of halogens is 1. The number of hydrogen-bond donors (Lipinski definition) is 1. The molecule has 1 aromatic rings. The van der Waals surface area contributed by atoms with Gasteiger partial charge in [0.25, 0.3) is 0 Å². The van der Waals surface area contributed by atoms with E-state index < -0.39 is 0 Å². The van der Waals surface area contributed by atoms with Gasteiger partial charge in [-0.2, -0.15) is 0 Å². The molecule has 15 heavy (non-hydrogen) atoms. The maximum Gasteiger partial charge on any atom is 0.126 e. The van der Waals surface area contributed by atoms with E-state index >= 15 is 0 Å². The summed E-state index contributed by atoms with van der Waals surface area (Å²) in [5.74, 6) is -0.0662. The van der Waals surface area contributed by atoms with Crippen LogP contribution in [0.5, 0.6) is 0 Å². The molecule has 0 spiro atoms. The smallest absolute Gasteiger partial charge is 0.126 e. The highest BCUT2D eigenvalue weighted by Gasteiger charge is 2.13. The molecule has 1 aromatic carbocycles. The second-order valence-electron chi connectivity index (χ2n) is 4.30. The van der Waals surface area contributed by atoms with E-state index in [2.05, 4.69) is 5.32 Å². The van der Waals surface area contributed by atoms with Gasteiger partial charge in [0, 0.05) is 6.04 Å². The van der Waals surface area contributed by atoms with Crippen LogP contribution in [0.2, 0.25) is 0 Å². The number of benzene rings is 1. The van der Waals surface area contributed by atoms with Gasteiger partial charge in [0.1, 0.15) is 5.82 Å². The average Bonchev–Trinajstić information content (AvgIpc) is 2.50. The Morgan fingerprint density at radius 3 is 2.93 bits per heavy atom. The highest BCUT2D eigenvalue weighted by Crippen LogP contribution is 2.15. The molecule has 0 radical (unpaired) electrons. The van der Waals surface area contributed by atoms with Gasteiger partial charge in [-0.25, -0.2) is 4.39 Å². The maximum absolute atomic E-state index is 13.4. The molecular formula is C13H18FN. The Morgan fingerprint density at radius 1 is 1.20 bits per heavy atom. The molecule has 0 amide bonds. The lowest BCUT2D eigenvalue weighted by atomic mass is 10.0. The van der Waals surface area contributed by atoms with Crippen molar-refractivity contribution in [2.75, 3.05) is 6.54 Å². The van der Waals surface area contributed by atoms with Crippen molar-refractivity contribution in [1.82, 2.24) is 5.32 Å². The first kappa shape index (κ1) is 10.6. The van der Waals surface area contributed by atoms with Crippen molar-refractivity contribution in [2.45, 2.75) is 38.1 Å². The van der Waals surface area contributed by atoms with Gasteiger partial charge in [-0.3, -0.25) is 0 Å². The molecule has 1 saturated heterocycles. The molecule has 1 nitrogen and oxygen atoms in total. The quantitative estimate of drug-likeness (QED) is 0.786. The molecular weight excluding hydrogens is 189 g/mol. The third kappa shape index (κ3) is 3.03. The van der Waals surface area contributed by atoms with Crippen LogP contribution in [0.15, 0.2) is 24.3 Å². The van der Waals surface area contributed by atoms with Crippen LogP contribution < -0.4 is 5.32 Å². The van der Waals surface area contributed by atoms with Crippen molar-refractivity contribution < 1.29 is 4.39 Å².